The van der Waals surface area contributed by atoms with Crippen LogP contribution in [0.3, 0.4) is 0 Å². The lowest BCUT2D eigenvalue weighted by Crippen LogP contribution is -2.22. The molecule has 1 heterocycles. The van der Waals surface area contributed by atoms with E-state index in [0.717, 1.165) is 12.0 Å². The van der Waals surface area contributed by atoms with Crippen molar-refractivity contribution in [2.75, 3.05) is 7.11 Å². The number of hydrogen-bond acceptors (Lipinski definition) is 3. The summed E-state index contributed by atoms with van der Waals surface area (Å²) in [5, 5.41) is 2.15. The number of esters is 1. The summed E-state index contributed by atoms with van der Waals surface area (Å²) in [7, 11) is 1.50. The molecule has 0 saturated heterocycles. The SMILES string of the molecule is COC(=O)C1=CC2c3ccccc3C3C2CC1[C@H]3c1cccs1. The van der Waals surface area contributed by atoms with Crippen molar-refractivity contribution < 1.29 is 9.53 Å². The van der Waals surface area contributed by atoms with E-state index in [1.807, 2.05) is 11.3 Å². The van der Waals surface area contributed by atoms with Gasteiger partial charge in [0, 0.05) is 22.3 Å². The van der Waals surface area contributed by atoms with Crippen LogP contribution in [-0.2, 0) is 9.53 Å². The van der Waals surface area contributed by atoms with Gasteiger partial charge in [0.25, 0.3) is 0 Å². The molecule has 3 aliphatic carbocycles. The lowest BCUT2D eigenvalue weighted by atomic mass is 9.77. The van der Waals surface area contributed by atoms with Crippen molar-refractivity contribution in [3.63, 3.8) is 0 Å². The van der Waals surface area contributed by atoms with Gasteiger partial charge in [0.05, 0.1) is 7.11 Å². The third kappa shape index (κ3) is 1.71. The minimum Gasteiger partial charge on any atom is -0.466 e. The molecule has 116 valence electrons. The van der Waals surface area contributed by atoms with Crippen molar-refractivity contribution in [2.24, 2.45) is 11.8 Å². The summed E-state index contributed by atoms with van der Waals surface area (Å²) < 4.78 is 5.10. The molecule has 3 heteroatoms. The lowest BCUT2D eigenvalue weighted by Gasteiger charge is -2.28. The molecule has 0 spiro atoms. The van der Waals surface area contributed by atoms with Crippen LogP contribution in [0.2, 0.25) is 0 Å². The van der Waals surface area contributed by atoms with Crippen LogP contribution in [0.5, 0.6) is 0 Å². The Morgan fingerprint density at radius 1 is 1.13 bits per heavy atom. The minimum atomic E-state index is -0.139. The molecule has 1 aromatic carbocycles. The second kappa shape index (κ2) is 4.81. The van der Waals surface area contributed by atoms with Crippen LogP contribution in [0.25, 0.3) is 0 Å². The van der Waals surface area contributed by atoms with Gasteiger partial charge in [0.1, 0.15) is 0 Å². The number of benzene rings is 1. The molecule has 5 atom stereocenters. The Morgan fingerprint density at radius 3 is 2.70 bits per heavy atom. The number of rotatable bonds is 2. The zero-order valence-electron chi connectivity index (χ0n) is 12.9. The fraction of sp³-hybridized carbons (Fsp3) is 0.350. The highest BCUT2D eigenvalue weighted by molar-refractivity contribution is 7.10. The zero-order chi connectivity index (χ0) is 15.6. The molecule has 4 unspecified atom stereocenters. The van der Waals surface area contributed by atoms with Gasteiger partial charge in [-0.1, -0.05) is 36.4 Å². The number of allylic oxidation sites excluding steroid dienone is 1. The van der Waals surface area contributed by atoms with Gasteiger partial charge < -0.3 is 4.74 Å². The van der Waals surface area contributed by atoms with E-state index in [9.17, 15) is 4.79 Å². The largest absolute Gasteiger partial charge is 0.466 e. The van der Waals surface area contributed by atoms with Gasteiger partial charge in [-0.2, -0.15) is 0 Å². The monoisotopic (exact) mass is 322 g/mol. The van der Waals surface area contributed by atoms with Gasteiger partial charge in [-0.3, -0.25) is 0 Å². The molecule has 1 fully saturated rings. The summed E-state index contributed by atoms with van der Waals surface area (Å²) >= 11 is 1.82. The van der Waals surface area contributed by atoms with Crippen molar-refractivity contribution in [3.8, 4) is 0 Å². The number of thiophene rings is 1. The quantitative estimate of drug-likeness (QED) is 0.763. The van der Waals surface area contributed by atoms with Gasteiger partial charge in [-0.25, -0.2) is 4.79 Å². The summed E-state index contributed by atoms with van der Waals surface area (Å²) in [5.41, 5.74) is 3.83. The molecule has 1 aromatic heterocycles. The molecule has 23 heavy (non-hydrogen) atoms. The molecule has 3 aliphatic rings. The van der Waals surface area contributed by atoms with Crippen LogP contribution in [-0.4, -0.2) is 13.1 Å². The molecule has 5 rings (SSSR count). The Bertz CT molecular complexity index is 805. The van der Waals surface area contributed by atoms with Crippen molar-refractivity contribution in [2.45, 2.75) is 24.2 Å². The maximum absolute atomic E-state index is 12.4. The first-order chi connectivity index (χ1) is 11.3. The molecule has 0 radical (unpaired) electrons. The summed E-state index contributed by atoms with van der Waals surface area (Å²) in [4.78, 5) is 13.8. The Kier molecular flexibility index (Phi) is 2.84. The molecule has 1 saturated carbocycles. The molecule has 2 aromatic rings. The maximum Gasteiger partial charge on any atom is 0.333 e. The molecule has 0 N–H and O–H groups in total. The highest BCUT2D eigenvalue weighted by atomic mass is 32.1. The minimum absolute atomic E-state index is 0.139. The molecular formula is C20H18O2S. The molecule has 2 nitrogen and oxygen atoms in total. The summed E-state index contributed by atoms with van der Waals surface area (Å²) in [6.07, 6.45) is 3.32. The van der Waals surface area contributed by atoms with Crippen LogP contribution in [0.4, 0.5) is 0 Å². The molecule has 2 bridgehead atoms. The Balaban J connectivity index is 1.73. The van der Waals surface area contributed by atoms with Crippen LogP contribution in [0.1, 0.15) is 40.2 Å². The third-order valence-corrected chi connectivity index (χ3v) is 7.01. The summed E-state index contributed by atoms with van der Waals surface area (Å²) in [5.74, 6) is 2.14. The van der Waals surface area contributed by atoms with E-state index < -0.39 is 0 Å². The molecule has 0 aliphatic heterocycles. The number of fused-ring (bicyclic) bond motifs is 4. The highest BCUT2D eigenvalue weighted by Gasteiger charge is 2.57. The van der Waals surface area contributed by atoms with E-state index in [-0.39, 0.29) is 5.97 Å². The van der Waals surface area contributed by atoms with E-state index in [4.69, 9.17) is 4.74 Å². The number of hydrogen-bond donors (Lipinski definition) is 0. The summed E-state index contributed by atoms with van der Waals surface area (Å²) in [6, 6.07) is 13.2. The summed E-state index contributed by atoms with van der Waals surface area (Å²) in [6.45, 7) is 0. The third-order valence-electron chi connectivity index (χ3n) is 6.03. The van der Waals surface area contributed by atoms with E-state index in [1.54, 1.807) is 0 Å². The van der Waals surface area contributed by atoms with Gasteiger partial charge in [0.15, 0.2) is 0 Å². The van der Waals surface area contributed by atoms with Crippen molar-refractivity contribution in [1.29, 1.82) is 0 Å². The van der Waals surface area contributed by atoms with Gasteiger partial charge in [-0.15, -0.1) is 11.3 Å². The van der Waals surface area contributed by atoms with Crippen LogP contribution >= 0.6 is 11.3 Å². The van der Waals surface area contributed by atoms with Gasteiger partial charge in [-0.05, 0) is 46.7 Å². The maximum atomic E-state index is 12.4. The topological polar surface area (TPSA) is 26.3 Å². The smallest absolute Gasteiger partial charge is 0.333 e. The first kappa shape index (κ1) is 13.6. The normalized spacial score (nSPS) is 33.3. The van der Waals surface area contributed by atoms with Gasteiger partial charge in [0.2, 0.25) is 0 Å². The number of carbonyl (C=O) groups excluding carboxylic acids is 1. The second-order valence-corrected chi connectivity index (χ2v) is 7.82. The van der Waals surface area contributed by atoms with E-state index in [1.165, 1.54) is 23.1 Å². The van der Waals surface area contributed by atoms with Crippen LogP contribution in [0, 0.1) is 11.8 Å². The number of carbonyl (C=O) groups is 1. The van der Waals surface area contributed by atoms with Crippen LogP contribution < -0.4 is 0 Å². The standard InChI is InChI=1S/C20H18O2S/c1-22-20(21)16-9-13-11-5-2-3-6-12(11)18-14(13)10-15(16)19(18)17-7-4-8-23-17/h2-9,13-15,18-19H,10H2,1H3/t13?,14?,15?,18?,19-/m0/s1. The Morgan fingerprint density at radius 2 is 1.96 bits per heavy atom. The van der Waals surface area contributed by atoms with E-state index >= 15 is 0 Å². The Hall–Kier alpha value is -1.87. The fourth-order valence-electron chi connectivity index (χ4n) is 5.29. The second-order valence-electron chi connectivity index (χ2n) is 6.84. The first-order valence-electron chi connectivity index (χ1n) is 8.22. The van der Waals surface area contributed by atoms with Gasteiger partial charge >= 0.3 is 5.97 Å². The predicted molar refractivity (Wildman–Crippen MR) is 90.7 cm³/mol. The number of methoxy groups -OCH3 is 1. The Labute approximate surface area is 139 Å². The van der Waals surface area contributed by atoms with E-state index in [2.05, 4.69) is 47.9 Å². The molecular weight excluding hydrogens is 304 g/mol. The predicted octanol–water partition coefficient (Wildman–Crippen LogP) is 4.46. The zero-order valence-corrected chi connectivity index (χ0v) is 13.8. The molecule has 0 amide bonds. The van der Waals surface area contributed by atoms with Crippen molar-refractivity contribution in [1.82, 2.24) is 0 Å². The average molecular weight is 322 g/mol. The van der Waals surface area contributed by atoms with Crippen molar-refractivity contribution in [3.05, 3.63) is 69.4 Å². The van der Waals surface area contributed by atoms with Crippen molar-refractivity contribution >= 4 is 17.3 Å². The average Bonchev–Trinajstić information content (AvgIpc) is 3.26. The lowest BCUT2D eigenvalue weighted by molar-refractivity contribution is -0.136. The number of ether oxygens (including phenoxy) is 1. The first-order valence-corrected chi connectivity index (χ1v) is 9.10. The van der Waals surface area contributed by atoms with Crippen LogP contribution in [0.15, 0.2) is 53.4 Å². The highest BCUT2D eigenvalue weighted by Crippen LogP contribution is 2.67. The van der Waals surface area contributed by atoms with E-state index in [0.29, 0.717) is 29.6 Å². The fourth-order valence-corrected chi connectivity index (χ4v) is 6.23.